The van der Waals surface area contributed by atoms with Crippen LogP contribution in [-0.2, 0) is 4.74 Å². The van der Waals surface area contributed by atoms with E-state index in [-0.39, 0.29) is 0 Å². The zero-order valence-corrected chi connectivity index (χ0v) is 12.4. The number of anilines is 3. The molecule has 1 amide bonds. The summed E-state index contributed by atoms with van der Waals surface area (Å²) in [5.41, 5.74) is 4.28. The van der Waals surface area contributed by atoms with Gasteiger partial charge in [-0.05, 0) is 44.0 Å². The number of nitrogens with one attached hydrogen (secondary N) is 2. The van der Waals surface area contributed by atoms with E-state index in [1.54, 1.807) is 19.2 Å². The Labute approximate surface area is 124 Å². The van der Waals surface area contributed by atoms with Crippen molar-refractivity contribution in [2.75, 3.05) is 17.2 Å². The summed E-state index contributed by atoms with van der Waals surface area (Å²) in [7, 11) is 0. The zero-order valence-electron chi connectivity index (χ0n) is 12.4. The number of hydrogen-bond donors (Lipinski definition) is 2. The van der Waals surface area contributed by atoms with Crippen molar-refractivity contribution in [2.24, 2.45) is 0 Å². The van der Waals surface area contributed by atoms with Crippen LogP contribution in [0.25, 0.3) is 0 Å². The van der Waals surface area contributed by atoms with E-state index in [1.807, 2.05) is 12.1 Å². The Morgan fingerprint density at radius 2 is 1.90 bits per heavy atom. The summed E-state index contributed by atoms with van der Waals surface area (Å²) in [6.45, 7) is 6.20. The fourth-order valence-electron chi connectivity index (χ4n) is 1.97. The van der Waals surface area contributed by atoms with Crippen molar-refractivity contribution in [1.29, 1.82) is 0 Å². The van der Waals surface area contributed by atoms with Crippen molar-refractivity contribution >= 4 is 23.3 Å². The average Bonchev–Trinajstić information content (AvgIpc) is 2.45. The van der Waals surface area contributed by atoms with Crippen molar-refractivity contribution in [3.63, 3.8) is 0 Å². The van der Waals surface area contributed by atoms with Crippen molar-refractivity contribution in [3.8, 4) is 0 Å². The number of carbonyl (C=O) groups is 1. The lowest BCUT2D eigenvalue weighted by molar-refractivity contribution is 0.168. The van der Waals surface area contributed by atoms with Crippen molar-refractivity contribution in [3.05, 3.63) is 47.7 Å². The van der Waals surface area contributed by atoms with Gasteiger partial charge in [-0.2, -0.15) is 0 Å². The molecule has 0 fully saturated rings. The minimum atomic E-state index is -0.500. The largest absolute Gasteiger partial charge is 0.450 e. The standard InChI is InChI=1S/C16H19N3O2/c1-4-21-16(20)19-14-9-8-13(10-17-14)18-15-11(2)6-5-7-12(15)3/h5-10,18H,4H2,1-3H3,(H,17,19,20). The predicted octanol–water partition coefficient (Wildman–Crippen LogP) is 4.01. The van der Waals surface area contributed by atoms with Crippen LogP contribution in [0.4, 0.5) is 22.0 Å². The fraction of sp³-hybridized carbons (Fsp3) is 0.250. The van der Waals surface area contributed by atoms with Crippen LogP contribution in [0.3, 0.4) is 0 Å². The fourth-order valence-corrected chi connectivity index (χ4v) is 1.97. The van der Waals surface area contributed by atoms with Crippen LogP contribution in [0.2, 0.25) is 0 Å². The van der Waals surface area contributed by atoms with Crippen LogP contribution in [0.1, 0.15) is 18.1 Å². The number of benzene rings is 1. The monoisotopic (exact) mass is 285 g/mol. The topological polar surface area (TPSA) is 63.2 Å². The number of nitrogens with zero attached hydrogens (tertiary/aromatic N) is 1. The Balaban J connectivity index is 2.07. The summed E-state index contributed by atoms with van der Waals surface area (Å²) < 4.78 is 4.80. The highest BCUT2D eigenvalue weighted by Gasteiger charge is 2.05. The first kappa shape index (κ1) is 14.8. The highest BCUT2D eigenvalue weighted by Crippen LogP contribution is 2.24. The molecular formula is C16H19N3O2. The van der Waals surface area contributed by atoms with Crippen LogP contribution >= 0.6 is 0 Å². The SMILES string of the molecule is CCOC(=O)Nc1ccc(Nc2c(C)cccc2C)cn1. The molecule has 5 heteroatoms. The zero-order chi connectivity index (χ0) is 15.2. The van der Waals surface area contributed by atoms with Crippen LogP contribution < -0.4 is 10.6 Å². The molecule has 1 aromatic carbocycles. The normalized spacial score (nSPS) is 10.0. The molecule has 0 spiro atoms. The number of carbonyl (C=O) groups excluding carboxylic acids is 1. The molecule has 0 atom stereocenters. The number of pyridine rings is 1. The lowest BCUT2D eigenvalue weighted by Crippen LogP contribution is -2.14. The van der Waals surface area contributed by atoms with Gasteiger partial charge in [-0.15, -0.1) is 0 Å². The third-order valence-electron chi connectivity index (χ3n) is 3.02. The first-order valence-corrected chi connectivity index (χ1v) is 6.83. The van der Waals surface area contributed by atoms with Crippen LogP contribution in [0, 0.1) is 13.8 Å². The number of rotatable bonds is 4. The summed E-state index contributed by atoms with van der Waals surface area (Å²) in [6.07, 6.45) is 1.17. The average molecular weight is 285 g/mol. The molecule has 1 aromatic heterocycles. The number of amides is 1. The molecule has 0 bridgehead atoms. The molecule has 110 valence electrons. The Hall–Kier alpha value is -2.56. The maximum Gasteiger partial charge on any atom is 0.412 e. The molecule has 0 saturated heterocycles. The lowest BCUT2D eigenvalue weighted by atomic mass is 10.1. The van der Waals surface area contributed by atoms with E-state index < -0.39 is 6.09 Å². The van der Waals surface area contributed by atoms with E-state index in [2.05, 4.69) is 41.6 Å². The molecule has 2 aromatic rings. The predicted molar refractivity (Wildman–Crippen MR) is 84.1 cm³/mol. The van der Waals surface area contributed by atoms with E-state index in [9.17, 15) is 4.79 Å². The molecule has 0 aliphatic rings. The number of hydrogen-bond acceptors (Lipinski definition) is 4. The maximum absolute atomic E-state index is 11.3. The van der Waals surface area contributed by atoms with E-state index >= 15 is 0 Å². The molecule has 0 aliphatic heterocycles. The maximum atomic E-state index is 11.3. The second kappa shape index (κ2) is 6.74. The second-order valence-electron chi connectivity index (χ2n) is 4.67. The van der Waals surface area contributed by atoms with Crippen LogP contribution in [0.15, 0.2) is 36.5 Å². The third-order valence-corrected chi connectivity index (χ3v) is 3.02. The molecule has 1 heterocycles. The summed E-state index contributed by atoms with van der Waals surface area (Å²) in [6, 6.07) is 9.73. The van der Waals surface area contributed by atoms with Gasteiger partial charge in [0.15, 0.2) is 0 Å². The second-order valence-corrected chi connectivity index (χ2v) is 4.67. The smallest absolute Gasteiger partial charge is 0.412 e. The quantitative estimate of drug-likeness (QED) is 0.891. The minimum Gasteiger partial charge on any atom is -0.450 e. The van der Waals surface area contributed by atoms with Gasteiger partial charge in [-0.25, -0.2) is 9.78 Å². The summed E-state index contributed by atoms with van der Waals surface area (Å²) >= 11 is 0. The van der Waals surface area contributed by atoms with Gasteiger partial charge >= 0.3 is 6.09 Å². The summed E-state index contributed by atoms with van der Waals surface area (Å²) in [5, 5.41) is 5.90. The summed E-state index contributed by atoms with van der Waals surface area (Å²) in [4.78, 5) is 15.5. The number of para-hydroxylation sites is 1. The number of aromatic nitrogens is 1. The van der Waals surface area contributed by atoms with Gasteiger partial charge in [0.2, 0.25) is 0 Å². The highest BCUT2D eigenvalue weighted by atomic mass is 16.5. The molecule has 2 N–H and O–H groups in total. The summed E-state index contributed by atoms with van der Waals surface area (Å²) in [5.74, 6) is 0.459. The first-order chi connectivity index (χ1) is 10.1. The molecular weight excluding hydrogens is 266 g/mol. The van der Waals surface area contributed by atoms with E-state index in [0.717, 1.165) is 11.4 Å². The van der Waals surface area contributed by atoms with Gasteiger partial charge in [-0.1, -0.05) is 18.2 Å². The van der Waals surface area contributed by atoms with Gasteiger partial charge in [-0.3, -0.25) is 5.32 Å². The first-order valence-electron chi connectivity index (χ1n) is 6.83. The lowest BCUT2D eigenvalue weighted by Gasteiger charge is -2.12. The van der Waals surface area contributed by atoms with Crippen LogP contribution in [0.5, 0.6) is 0 Å². The minimum absolute atomic E-state index is 0.331. The third kappa shape index (κ3) is 3.95. The molecule has 5 nitrogen and oxygen atoms in total. The van der Waals surface area contributed by atoms with E-state index in [4.69, 9.17) is 4.74 Å². The van der Waals surface area contributed by atoms with E-state index in [1.165, 1.54) is 11.1 Å². The highest BCUT2D eigenvalue weighted by molar-refractivity contribution is 5.83. The van der Waals surface area contributed by atoms with E-state index in [0.29, 0.717) is 12.4 Å². The van der Waals surface area contributed by atoms with Gasteiger partial charge in [0, 0.05) is 5.69 Å². The molecule has 0 radical (unpaired) electrons. The van der Waals surface area contributed by atoms with Crippen LogP contribution in [-0.4, -0.2) is 17.7 Å². The van der Waals surface area contributed by atoms with Gasteiger partial charge in [0.05, 0.1) is 18.5 Å². The van der Waals surface area contributed by atoms with Crippen molar-refractivity contribution in [2.45, 2.75) is 20.8 Å². The Morgan fingerprint density at radius 3 is 2.48 bits per heavy atom. The van der Waals surface area contributed by atoms with Gasteiger partial charge in [0.1, 0.15) is 5.82 Å². The molecule has 21 heavy (non-hydrogen) atoms. The Morgan fingerprint density at radius 1 is 1.19 bits per heavy atom. The number of ether oxygens (including phenoxy) is 1. The molecule has 0 aliphatic carbocycles. The van der Waals surface area contributed by atoms with Gasteiger partial charge < -0.3 is 10.1 Å². The number of aryl methyl sites for hydroxylation is 2. The molecule has 0 unspecified atom stereocenters. The van der Waals surface area contributed by atoms with Gasteiger partial charge in [0.25, 0.3) is 0 Å². The molecule has 0 saturated carbocycles. The molecule has 2 rings (SSSR count). The Bertz CT molecular complexity index is 604. The Kier molecular flexibility index (Phi) is 4.77. The van der Waals surface area contributed by atoms with Crippen molar-refractivity contribution < 1.29 is 9.53 Å². The van der Waals surface area contributed by atoms with Crippen molar-refractivity contribution in [1.82, 2.24) is 4.98 Å².